The predicted octanol–water partition coefficient (Wildman–Crippen LogP) is 2.74. The molecule has 1 rings (SSSR count). The Bertz CT molecular complexity index is 370. The van der Waals surface area contributed by atoms with Gasteiger partial charge in [-0.15, -0.1) is 0 Å². The van der Waals surface area contributed by atoms with Crippen LogP contribution in [0.4, 0.5) is 0 Å². The van der Waals surface area contributed by atoms with Crippen LogP contribution >= 0.6 is 15.9 Å². The highest BCUT2D eigenvalue weighted by Crippen LogP contribution is 2.15. The van der Waals surface area contributed by atoms with E-state index in [0.717, 1.165) is 4.47 Å². The topological polar surface area (TPSA) is 54.4 Å². The summed E-state index contributed by atoms with van der Waals surface area (Å²) in [7, 11) is 0. The molecule has 0 heterocycles. The molecule has 1 aromatic carbocycles. The summed E-state index contributed by atoms with van der Waals surface area (Å²) in [5.41, 5.74) is 0.548. The van der Waals surface area contributed by atoms with Crippen LogP contribution in [0.25, 0.3) is 0 Å². The van der Waals surface area contributed by atoms with Crippen molar-refractivity contribution in [3.05, 3.63) is 34.3 Å². The maximum absolute atomic E-state index is 11.7. The zero-order valence-corrected chi connectivity index (χ0v) is 9.82. The minimum absolute atomic E-state index is 0.130. The normalized spacial score (nSPS) is 12.1. The van der Waals surface area contributed by atoms with Crippen LogP contribution in [0, 0.1) is 5.92 Å². The van der Waals surface area contributed by atoms with Crippen LogP contribution in [0.1, 0.15) is 23.7 Å². The van der Waals surface area contributed by atoms with Crippen molar-refractivity contribution in [1.82, 2.24) is 0 Å². The van der Waals surface area contributed by atoms with Crippen molar-refractivity contribution in [3.63, 3.8) is 0 Å². The Labute approximate surface area is 96.2 Å². The molecule has 0 aromatic heterocycles. The number of carboxylic acids is 1. The maximum Gasteiger partial charge on any atom is 0.304 e. The summed E-state index contributed by atoms with van der Waals surface area (Å²) in [4.78, 5) is 22.2. The van der Waals surface area contributed by atoms with Crippen LogP contribution in [0.3, 0.4) is 0 Å². The van der Waals surface area contributed by atoms with Crippen molar-refractivity contribution in [2.75, 3.05) is 0 Å². The van der Waals surface area contributed by atoms with Crippen LogP contribution < -0.4 is 0 Å². The first-order valence-corrected chi connectivity index (χ1v) is 5.31. The molecule has 3 nitrogen and oxygen atoms in total. The number of halogens is 1. The number of benzene rings is 1. The predicted molar refractivity (Wildman–Crippen MR) is 59.9 cm³/mol. The van der Waals surface area contributed by atoms with Gasteiger partial charge in [0.2, 0.25) is 0 Å². The van der Waals surface area contributed by atoms with Crippen molar-refractivity contribution in [2.45, 2.75) is 13.3 Å². The second-order valence-electron chi connectivity index (χ2n) is 3.37. The summed E-state index contributed by atoms with van der Waals surface area (Å²) >= 11 is 3.27. The second-order valence-corrected chi connectivity index (χ2v) is 4.29. The third-order valence-electron chi connectivity index (χ3n) is 2.06. The third kappa shape index (κ3) is 3.47. The number of rotatable bonds is 4. The highest BCUT2D eigenvalue weighted by Gasteiger charge is 2.17. The Kier molecular flexibility index (Phi) is 4.03. The first-order chi connectivity index (χ1) is 7.00. The van der Waals surface area contributed by atoms with Gasteiger partial charge in [-0.2, -0.15) is 0 Å². The van der Waals surface area contributed by atoms with E-state index in [4.69, 9.17) is 5.11 Å². The number of carboxylic acid groups (broad SMARTS) is 1. The summed E-state index contributed by atoms with van der Waals surface area (Å²) in [5.74, 6) is -1.57. The van der Waals surface area contributed by atoms with Crippen LogP contribution in [-0.4, -0.2) is 16.9 Å². The molecule has 0 spiro atoms. The number of carbonyl (C=O) groups is 2. The van der Waals surface area contributed by atoms with Crippen molar-refractivity contribution >= 4 is 27.7 Å². The lowest BCUT2D eigenvalue weighted by molar-refractivity contribution is -0.137. The van der Waals surface area contributed by atoms with E-state index >= 15 is 0 Å². The first kappa shape index (κ1) is 11.9. The van der Waals surface area contributed by atoms with Gasteiger partial charge in [0.05, 0.1) is 6.42 Å². The third-order valence-corrected chi connectivity index (χ3v) is 2.59. The molecule has 0 saturated carbocycles. The fourth-order valence-corrected chi connectivity index (χ4v) is 1.52. The summed E-state index contributed by atoms with van der Waals surface area (Å²) < 4.78 is 0.893. The Hall–Kier alpha value is -1.16. The molecular formula is C11H11BrO3. The molecule has 1 N–H and O–H groups in total. The van der Waals surface area contributed by atoms with Crippen molar-refractivity contribution in [3.8, 4) is 0 Å². The van der Waals surface area contributed by atoms with Gasteiger partial charge in [-0.3, -0.25) is 9.59 Å². The molecule has 1 aromatic rings. The summed E-state index contributed by atoms with van der Waals surface area (Å²) in [6.45, 7) is 1.62. The zero-order valence-electron chi connectivity index (χ0n) is 8.24. The molecule has 0 amide bonds. The molecule has 0 aliphatic rings. The van der Waals surface area contributed by atoms with Crippen LogP contribution in [0.15, 0.2) is 28.7 Å². The van der Waals surface area contributed by atoms with E-state index in [9.17, 15) is 9.59 Å². The molecule has 4 heteroatoms. The fourth-order valence-electron chi connectivity index (χ4n) is 1.25. The second kappa shape index (κ2) is 5.07. The highest BCUT2D eigenvalue weighted by atomic mass is 79.9. The monoisotopic (exact) mass is 270 g/mol. The molecule has 0 radical (unpaired) electrons. The van der Waals surface area contributed by atoms with Gasteiger partial charge in [0.15, 0.2) is 5.78 Å². The molecule has 0 aliphatic heterocycles. The van der Waals surface area contributed by atoms with Gasteiger partial charge in [0.25, 0.3) is 0 Å². The van der Waals surface area contributed by atoms with Crippen molar-refractivity contribution in [1.29, 1.82) is 0 Å². The van der Waals surface area contributed by atoms with Crippen molar-refractivity contribution in [2.24, 2.45) is 5.92 Å². The van der Waals surface area contributed by atoms with E-state index in [2.05, 4.69) is 15.9 Å². The van der Waals surface area contributed by atoms with Crippen LogP contribution in [-0.2, 0) is 4.79 Å². The summed E-state index contributed by atoms with van der Waals surface area (Å²) in [5, 5.41) is 8.56. The van der Waals surface area contributed by atoms with Crippen LogP contribution in [0.5, 0.6) is 0 Å². The standard InChI is InChI=1S/C11H11BrO3/c1-7(6-10(13)14)11(15)8-2-4-9(12)5-3-8/h2-5,7H,6H2,1H3,(H,13,14). The minimum atomic E-state index is -0.951. The van der Waals surface area contributed by atoms with Gasteiger partial charge in [0, 0.05) is 16.0 Å². The van der Waals surface area contributed by atoms with Crippen molar-refractivity contribution < 1.29 is 14.7 Å². The molecule has 0 saturated heterocycles. The Morgan fingerprint density at radius 2 is 1.87 bits per heavy atom. The summed E-state index contributed by atoms with van der Waals surface area (Å²) in [6.07, 6.45) is -0.130. The highest BCUT2D eigenvalue weighted by molar-refractivity contribution is 9.10. The lowest BCUT2D eigenvalue weighted by Gasteiger charge is -2.07. The SMILES string of the molecule is CC(CC(=O)O)C(=O)c1ccc(Br)cc1. The van der Waals surface area contributed by atoms with Gasteiger partial charge >= 0.3 is 5.97 Å². The Morgan fingerprint density at radius 3 is 2.33 bits per heavy atom. The number of Topliss-reactive ketones (excluding diaryl/α,β-unsaturated/α-hetero) is 1. The molecule has 1 unspecified atom stereocenters. The average molecular weight is 271 g/mol. The van der Waals surface area contributed by atoms with Gasteiger partial charge in [-0.1, -0.05) is 35.0 Å². The quantitative estimate of drug-likeness (QED) is 0.856. The van der Waals surface area contributed by atoms with Gasteiger partial charge in [-0.05, 0) is 12.1 Å². The maximum atomic E-state index is 11.7. The molecule has 0 fully saturated rings. The van der Waals surface area contributed by atoms with E-state index < -0.39 is 11.9 Å². The van der Waals surface area contributed by atoms with Gasteiger partial charge in [0.1, 0.15) is 0 Å². The first-order valence-electron chi connectivity index (χ1n) is 4.52. The molecule has 0 aliphatic carbocycles. The molecule has 15 heavy (non-hydrogen) atoms. The van der Waals surface area contributed by atoms with E-state index in [1.807, 2.05) is 0 Å². The fraction of sp³-hybridized carbons (Fsp3) is 0.273. The van der Waals surface area contributed by atoms with E-state index in [1.54, 1.807) is 31.2 Å². The van der Waals surface area contributed by atoms with Crippen LogP contribution in [0.2, 0.25) is 0 Å². The number of ketones is 1. The number of hydrogen-bond acceptors (Lipinski definition) is 2. The smallest absolute Gasteiger partial charge is 0.304 e. The Morgan fingerprint density at radius 1 is 1.33 bits per heavy atom. The molecular weight excluding hydrogens is 260 g/mol. The minimum Gasteiger partial charge on any atom is -0.481 e. The average Bonchev–Trinajstić information content (AvgIpc) is 2.17. The molecule has 80 valence electrons. The number of aliphatic carboxylic acids is 1. The largest absolute Gasteiger partial charge is 0.481 e. The van der Waals surface area contributed by atoms with Gasteiger partial charge in [-0.25, -0.2) is 0 Å². The van der Waals surface area contributed by atoms with E-state index in [1.165, 1.54) is 0 Å². The molecule has 1 atom stereocenters. The zero-order chi connectivity index (χ0) is 11.4. The molecule has 0 bridgehead atoms. The number of hydrogen-bond donors (Lipinski definition) is 1. The van der Waals surface area contributed by atoms with E-state index in [-0.39, 0.29) is 12.2 Å². The lowest BCUT2D eigenvalue weighted by Crippen LogP contribution is -2.15. The lowest BCUT2D eigenvalue weighted by atomic mass is 9.97. The van der Waals surface area contributed by atoms with Gasteiger partial charge < -0.3 is 5.11 Å². The summed E-state index contributed by atoms with van der Waals surface area (Å²) in [6, 6.07) is 6.90. The van der Waals surface area contributed by atoms with E-state index in [0.29, 0.717) is 5.56 Å². The number of carbonyl (C=O) groups excluding carboxylic acids is 1. The Balaban J connectivity index is 2.76.